The molecule has 2 aromatic carbocycles. The third-order valence-corrected chi connectivity index (χ3v) is 6.87. The van der Waals surface area contributed by atoms with Crippen LogP contribution in [0.1, 0.15) is 35.4 Å². The molecule has 0 saturated carbocycles. The molecule has 39 heavy (non-hydrogen) atoms. The third-order valence-electron chi connectivity index (χ3n) is 6.13. The molecule has 4 rings (SSSR count). The molecule has 1 aromatic heterocycles. The van der Waals surface area contributed by atoms with Gasteiger partial charge in [-0.25, -0.2) is 9.59 Å². The topological polar surface area (TPSA) is 146 Å². The van der Waals surface area contributed by atoms with E-state index in [-0.39, 0.29) is 11.7 Å². The predicted octanol–water partition coefficient (Wildman–Crippen LogP) is 4.20. The number of piperidine rings is 1. The highest BCUT2D eigenvalue weighted by molar-refractivity contribution is 7.98. The van der Waals surface area contributed by atoms with Crippen LogP contribution in [0.3, 0.4) is 0 Å². The minimum absolute atomic E-state index is 0.0848. The van der Waals surface area contributed by atoms with Crippen LogP contribution >= 0.6 is 11.8 Å². The van der Waals surface area contributed by atoms with Gasteiger partial charge in [-0.15, -0.1) is 11.8 Å². The van der Waals surface area contributed by atoms with E-state index in [1.807, 2.05) is 30.5 Å². The Bertz CT molecular complexity index is 1220. The number of nitrogens with zero attached hydrogens (tertiary/aromatic N) is 3. The lowest BCUT2D eigenvalue weighted by atomic mass is 9.93. The van der Waals surface area contributed by atoms with Crippen molar-refractivity contribution in [2.75, 3.05) is 25.9 Å². The van der Waals surface area contributed by atoms with Crippen molar-refractivity contribution in [2.24, 2.45) is 5.92 Å². The van der Waals surface area contributed by atoms with Gasteiger partial charge in [0, 0.05) is 35.7 Å². The predicted molar refractivity (Wildman–Crippen MR) is 147 cm³/mol. The molecule has 1 amide bonds. The van der Waals surface area contributed by atoms with Crippen molar-refractivity contribution in [1.29, 1.82) is 0 Å². The van der Waals surface area contributed by atoms with Gasteiger partial charge in [0.25, 0.3) is 17.6 Å². The Hall–Kier alpha value is -3.96. The smallest absolute Gasteiger partial charge is 0.328 e. The first-order chi connectivity index (χ1) is 18.8. The fourth-order valence-electron chi connectivity index (χ4n) is 4.05. The van der Waals surface area contributed by atoms with Crippen molar-refractivity contribution >= 4 is 29.6 Å². The van der Waals surface area contributed by atoms with E-state index >= 15 is 0 Å². The first-order valence-electron chi connectivity index (χ1n) is 12.5. The first-order valence-corrected chi connectivity index (χ1v) is 13.7. The van der Waals surface area contributed by atoms with Crippen LogP contribution in [0.2, 0.25) is 0 Å². The quantitative estimate of drug-likeness (QED) is 0.247. The molecule has 0 unspecified atom stereocenters. The minimum Gasteiger partial charge on any atom is -0.478 e. The number of rotatable bonds is 10. The normalized spacial score (nSPS) is 14.0. The molecule has 1 fully saturated rings. The van der Waals surface area contributed by atoms with Crippen LogP contribution in [0.25, 0.3) is 11.5 Å². The van der Waals surface area contributed by atoms with Gasteiger partial charge in [-0.2, -0.15) is 4.98 Å². The fourth-order valence-corrected chi connectivity index (χ4v) is 4.46. The second-order valence-electron chi connectivity index (χ2n) is 8.91. The summed E-state index contributed by atoms with van der Waals surface area (Å²) in [6.07, 6.45) is 6.46. The summed E-state index contributed by atoms with van der Waals surface area (Å²) in [7, 11) is 0. The monoisotopic (exact) mass is 552 g/mol. The largest absolute Gasteiger partial charge is 0.478 e. The van der Waals surface area contributed by atoms with Crippen LogP contribution in [0.5, 0.6) is 0 Å². The molecule has 0 atom stereocenters. The third kappa shape index (κ3) is 10.4. The van der Waals surface area contributed by atoms with Gasteiger partial charge < -0.3 is 20.1 Å². The summed E-state index contributed by atoms with van der Waals surface area (Å²) in [4.78, 5) is 39.4. The Balaban J connectivity index is 0.000000459. The van der Waals surface area contributed by atoms with E-state index in [1.165, 1.54) is 18.4 Å². The van der Waals surface area contributed by atoms with Crippen molar-refractivity contribution in [3.63, 3.8) is 0 Å². The second kappa shape index (κ2) is 15.5. The molecular weight excluding hydrogens is 520 g/mol. The molecule has 10 nitrogen and oxygen atoms in total. The van der Waals surface area contributed by atoms with Gasteiger partial charge in [0.2, 0.25) is 0 Å². The molecule has 206 valence electrons. The van der Waals surface area contributed by atoms with Crippen molar-refractivity contribution in [3.8, 4) is 11.5 Å². The zero-order chi connectivity index (χ0) is 28.0. The molecular formula is C28H32N4O6S. The average Bonchev–Trinajstić information content (AvgIpc) is 3.44. The number of likely N-dealkylation sites (tertiary alicyclic amines) is 1. The van der Waals surface area contributed by atoms with E-state index in [2.05, 4.69) is 50.7 Å². The number of carbonyl (C=O) groups excluding carboxylic acids is 1. The number of nitrogens with one attached hydrogen (secondary N) is 1. The Morgan fingerprint density at radius 2 is 1.67 bits per heavy atom. The van der Waals surface area contributed by atoms with E-state index in [4.69, 9.17) is 14.7 Å². The Kier molecular flexibility index (Phi) is 11.7. The van der Waals surface area contributed by atoms with Gasteiger partial charge in [-0.3, -0.25) is 9.69 Å². The molecule has 3 N–H and O–H groups in total. The standard InChI is InChI=1S/C24H28N4O2S.C4H4O4/c1-31-21-9-7-20(8-10-21)24-26-22(27-30-24)23(29)25-14-11-18-12-15-28(16-13-18)17-19-5-3-2-4-6-19;5-3(6)1-2-4(7)8/h2-10,18H,11-17H2,1H3,(H,25,29);1-2H,(H,5,6)(H,7,8)/b;2-1+. The highest BCUT2D eigenvalue weighted by Gasteiger charge is 2.20. The first kappa shape index (κ1) is 29.6. The van der Waals surface area contributed by atoms with Gasteiger partial charge >= 0.3 is 11.9 Å². The summed E-state index contributed by atoms with van der Waals surface area (Å²) in [6.45, 7) is 3.87. The van der Waals surface area contributed by atoms with E-state index in [0.717, 1.165) is 36.5 Å². The highest BCUT2D eigenvalue weighted by Crippen LogP contribution is 2.23. The van der Waals surface area contributed by atoms with Crippen LogP contribution < -0.4 is 5.32 Å². The van der Waals surface area contributed by atoms with Crippen LogP contribution in [-0.4, -0.2) is 69.0 Å². The maximum Gasteiger partial charge on any atom is 0.328 e. The summed E-state index contributed by atoms with van der Waals surface area (Å²) >= 11 is 1.67. The number of hydrogen-bond acceptors (Lipinski definition) is 8. The number of amides is 1. The number of benzene rings is 2. The van der Waals surface area contributed by atoms with Gasteiger partial charge in [0.1, 0.15) is 0 Å². The number of carboxylic acids is 2. The van der Waals surface area contributed by atoms with Crippen LogP contribution in [-0.2, 0) is 16.1 Å². The fraction of sp³-hybridized carbons (Fsp3) is 0.321. The summed E-state index contributed by atoms with van der Waals surface area (Å²) in [5, 5.41) is 22.4. The number of carbonyl (C=O) groups is 3. The van der Waals surface area contributed by atoms with Crippen molar-refractivity contribution in [3.05, 3.63) is 78.1 Å². The lowest BCUT2D eigenvalue weighted by molar-refractivity contribution is -0.134. The molecule has 0 bridgehead atoms. The average molecular weight is 553 g/mol. The second-order valence-corrected chi connectivity index (χ2v) is 9.79. The Morgan fingerprint density at radius 3 is 2.26 bits per heavy atom. The summed E-state index contributed by atoms with van der Waals surface area (Å²) < 4.78 is 5.27. The van der Waals surface area contributed by atoms with Gasteiger partial charge in [-0.05, 0) is 74.4 Å². The minimum atomic E-state index is -1.26. The van der Waals surface area contributed by atoms with Crippen LogP contribution in [0, 0.1) is 5.92 Å². The summed E-state index contributed by atoms with van der Waals surface area (Å²) in [6, 6.07) is 18.5. The van der Waals surface area contributed by atoms with Crippen molar-refractivity contribution < 1.29 is 29.1 Å². The van der Waals surface area contributed by atoms with Gasteiger partial charge in [0.05, 0.1) is 0 Å². The highest BCUT2D eigenvalue weighted by atomic mass is 32.2. The zero-order valence-electron chi connectivity index (χ0n) is 21.7. The molecule has 3 aromatic rings. The molecule has 0 spiro atoms. The number of carboxylic acid groups (broad SMARTS) is 2. The number of aromatic nitrogens is 2. The SMILES string of the molecule is CSc1ccc(-c2nc(C(=O)NCCC3CCN(Cc4ccccc4)CC3)no2)cc1.O=C(O)/C=C/C(=O)O. The van der Waals surface area contributed by atoms with E-state index in [9.17, 15) is 14.4 Å². The molecule has 1 aliphatic rings. The summed E-state index contributed by atoms with van der Waals surface area (Å²) in [5.41, 5.74) is 2.18. The van der Waals surface area contributed by atoms with Gasteiger partial charge in [0.15, 0.2) is 0 Å². The van der Waals surface area contributed by atoms with E-state index < -0.39 is 11.9 Å². The number of aliphatic carboxylic acids is 2. The number of thioether (sulfide) groups is 1. The Labute approximate surface area is 231 Å². The summed E-state index contributed by atoms with van der Waals surface area (Å²) in [5.74, 6) is -1.70. The van der Waals surface area contributed by atoms with E-state index in [1.54, 1.807) is 11.8 Å². The van der Waals surface area contributed by atoms with Crippen molar-refractivity contribution in [2.45, 2.75) is 30.7 Å². The lowest BCUT2D eigenvalue weighted by Crippen LogP contribution is -2.35. The zero-order valence-corrected chi connectivity index (χ0v) is 22.5. The molecule has 1 saturated heterocycles. The number of hydrogen-bond donors (Lipinski definition) is 3. The lowest BCUT2D eigenvalue weighted by Gasteiger charge is -2.32. The van der Waals surface area contributed by atoms with Crippen LogP contribution in [0.15, 0.2) is 76.2 Å². The van der Waals surface area contributed by atoms with Crippen molar-refractivity contribution in [1.82, 2.24) is 20.4 Å². The molecule has 2 heterocycles. The Morgan fingerprint density at radius 1 is 1.03 bits per heavy atom. The molecule has 0 radical (unpaired) electrons. The molecule has 11 heteroatoms. The maximum atomic E-state index is 12.4. The molecule has 0 aliphatic carbocycles. The van der Waals surface area contributed by atoms with Gasteiger partial charge in [-0.1, -0.05) is 35.5 Å². The van der Waals surface area contributed by atoms with Crippen LogP contribution in [0.4, 0.5) is 0 Å². The van der Waals surface area contributed by atoms with E-state index in [0.29, 0.717) is 30.5 Å². The molecule has 1 aliphatic heterocycles. The maximum absolute atomic E-state index is 12.4.